The normalized spacial score (nSPS) is 10.8. The summed E-state index contributed by atoms with van der Waals surface area (Å²) < 4.78 is 15.5. The van der Waals surface area contributed by atoms with Crippen molar-refractivity contribution in [2.45, 2.75) is 6.54 Å². The highest BCUT2D eigenvalue weighted by Crippen LogP contribution is 2.23. The maximum absolute atomic E-state index is 14.0. The zero-order valence-electron chi connectivity index (χ0n) is 10.9. The van der Waals surface area contributed by atoms with Gasteiger partial charge in [-0.25, -0.2) is 9.07 Å². The van der Waals surface area contributed by atoms with Crippen LogP contribution < -0.4 is 5.73 Å². The highest BCUT2D eigenvalue weighted by molar-refractivity contribution is 6.31. The number of hydrogen-bond donors (Lipinski definition) is 1. The Morgan fingerprint density at radius 1 is 1.19 bits per heavy atom. The lowest BCUT2D eigenvalue weighted by atomic mass is 10.1. The molecule has 2 N–H and O–H groups in total. The number of nitrogen functional groups attached to an aromatic ring is 1. The lowest BCUT2D eigenvalue weighted by molar-refractivity contribution is 0.621. The van der Waals surface area contributed by atoms with Gasteiger partial charge in [-0.15, -0.1) is 5.10 Å². The van der Waals surface area contributed by atoms with Crippen molar-refractivity contribution < 1.29 is 4.39 Å². The lowest BCUT2D eigenvalue weighted by Gasteiger charge is -2.07. The van der Waals surface area contributed by atoms with Gasteiger partial charge in [-0.1, -0.05) is 29.8 Å². The SMILES string of the molecule is Nc1ccc(-c2nnnn2Cc2ccccc2Cl)c(F)c1. The van der Waals surface area contributed by atoms with E-state index in [1.54, 1.807) is 18.2 Å². The van der Waals surface area contributed by atoms with E-state index in [2.05, 4.69) is 15.5 Å². The molecule has 106 valence electrons. The molecule has 0 amide bonds. The second kappa shape index (κ2) is 5.49. The molecule has 0 atom stereocenters. The van der Waals surface area contributed by atoms with Crippen molar-refractivity contribution in [3.8, 4) is 11.4 Å². The van der Waals surface area contributed by atoms with Gasteiger partial charge in [0.25, 0.3) is 0 Å². The second-order valence-corrected chi connectivity index (χ2v) is 4.90. The molecule has 3 aromatic rings. The first-order valence-corrected chi connectivity index (χ1v) is 6.58. The summed E-state index contributed by atoms with van der Waals surface area (Å²) in [6.45, 7) is 0.353. The smallest absolute Gasteiger partial charge is 0.185 e. The van der Waals surface area contributed by atoms with Gasteiger partial charge in [0.1, 0.15) is 5.82 Å². The average molecular weight is 304 g/mol. The summed E-state index contributed by atoms with van der Waals surface area (Å²) in [7, 11) is 0. The van der Waals surface area contributed by atoms with Gasteiger partial charge in [-0.3, -0.25) is 0 Å². The maximum atomic E-state index is 14.0. The fourth-order valence-corrected chi connectivity index (χ4v) is 2.20. The Morgan fingerprint density at radius 3 is 2.76 bits per heavy atom. The molecule has 0 aliphatic rings. The first-order valence-electron chi connectivity index (χ1n) is 6.20. The van der Waals surface area contributed by atoms with Crippen molar-refractivity contribution in [2.75, 3.05) is 5.73 Å². The molecule has 7 heteroatoms. The van der Waals surface area contributed by atoms with Crippen LogP contribution >= 0.6 is 11.6 Å². The topological polar surface area (TPSA) is 69.6 Å². The number of anilines is 1. The first kappa shape index (κ1) is 13.5. The van der Waals surface area contributed by atoms with Crippen LogP contribution in [0.4, 0.5) is 10.1 Å². The van der Waals surface area contributed by atoms with Crippen LogP contribution in [0.15, 0.2) is 42.5 Å². The van der Waals surface area contributed by atoms with Crippen LogP contribution in [-0.4, -0.2) is 20.2 Å². The van der Waals surface area contributed by atoms with Gasteiger partial charge in [-0.05, 0) is 40.3 Å². The Bertz CT molecular complexity index is 787. The molecular weight excluding hydrogens is 293 g/mol. The number of aromatic nitrogens is 4. The number of hydrogen-bond acceptors (Lipinski definition) is 4. The van der Waals surface area contributed by atoms with Crippen LogP contribution in [0, 0.1) is 5.82 Å². The summed E-state index contributed by atoms with van der Waals surface area (Å²) in [6.07, 6.45) is 0. The van der Waals surface area contributed by atoms with Crippen LogP contribution in [-0.2, 0) is 6.54 Å². The minimum Gasteiger partial charge on any atom is -0.399 e. The first-order chi connectivity index (χ1) is 10.1. The monoisotopic (exact) mass is 303 g/mol. The largest absolute Gasteiger partial charge is 0.399 e. The highest BCUT2D eigenvalue weighted by Gasteiger charge is 2.14. The van der Waals surface area contributed by atoms with Gasteiger partial charge in [0.15, 0.2) is 5.82 Å². The fourth-order valence-electron chi connectivity index (χ4n) is 2.00. The molecule has 0 bridgehead atoms. The van der Waals surface area contributed by atoms with E-state index in [9.17, 15) is 4.39 Å². The van der Waals surface area contributed by atoms with Crippen molar-refractivity contribution in [1.82, 2.24) is 20.2 Å². The summed E-state index contributed by atoms with van der Waals surface area (Å²) in [5, 5.41) is 12.0. The molecule has 0 saturated carbocycles. The lowest BCUT2D eigenvalue weighted by Crippen LogP contribution is -2.06. The van der Waals surface area contributed by atoms with E-state index in [1.807, 2.05) is 18.2 Å². The van der Waals surface area contributed by atoms with Crippen LogP contribution in [0.25, 0.3) is 11.4 Å². The Morgan fingerprint density at radius 2 is 2.00 bits per heavy atom. The van der Waals surface area contributed by atoms with Crippen LogP contribution in [0.5, 0.6) is 0 Å². The van der Waals surface area contributed by atoms with E-state index in [0.29, 0.717) is 28.6 Å². The van der Waals surface area contributed by atoms with E-state index < -0.39 is 5.82 Å². The molecule has 0 spiro atoms. The Hall–Kier alpha value is -2.47. The number of halogens is 2. The van der Waals surface area contributed by atoms with E-state index in [-0.39, 0.29) is 0 Å². The van der Waals surface area contributed by atoms with Crippen molar-refractivity contribution in [1.29, 1.82) is 0 Å². The highest BCUT2D eigenvalue weighted by atomic mass is 35.5. The Kier molecular flexibility index (Phi) is 3.53. The number of nitrogens with zero attached hydrogens (tertiary/aromatic N) is 4. The summed E-state index contributed by atoms with van der Waals surface area (Å²) in [6, 6.07) is 11.8. The fraction of sp³-hybridized carbons (Fsp3) is 0.0714. The predicted molar refractivity (Wildman–Crippen MR) is 78.2 cm³/mol. The molecule has 0 fully saturated rings. The van der Waals surface area contributed by atoms with E-state index in [0.717, 1.165) is 5.56 Å². The molecule has 0 radical (unpaired) electrons. The molecule has 21 heavy (non-hydrogen) atoms. The predicted octanol–water partition coefficient (Wildman–Crippen LogP) is 2.76. The molecule has 2 aromatic carbocycles. The molecule has 0 saturated heterocycles. The molecule has 1 aromatic heterocycles. The third kappa shape index (κ3) is 2.71. The molecule has 0 unspecified atom stereocenters. The summed E-state index contributed by atoms with van der Waals surface area (Å²) >= 11 is 6.12. The average Bonchev–Trinajstić information content (AvgIpc) is 2.89. The number of rotatable bonds is 3. The molecule has 5 nitrogen and oxygen atoms in total. The zero-order chi connectivity index (χ0) is 14.8. The van der Waals surface area contributed by atoms with Gasteiger partial charge in [0.05, 0.1) is 12.1 Å². The third-order valence-corrected chi connectivity index (χ3v) is 3.41. The summed E-state index contributed by atoms with van der Waals surface area (Å²) in [5.41, 5.74) is 7.04. The van der Waals surface area contributed by atoms with Crippen LogP contribution in [0.1, 0.15) is 5.56 Å². The molecule has 0 aliphatic carbocycles. The number of nitrogens with two attached hydrogens (primary N) is 1. The van der Waals surface area contributed by atoms with Crippen LogP contribution in [0.2, 0.25) is 5.02 Å². The van der Waals surface area contributed by atoms with Gasteiger partial charge < -0.3 is 5.73 Å². The van der Waals surface area contributed by atoms with Gasteiger partial charge in [0.2, 0.25) is 0 Å². The van der Waals surface area contributed by atoms with E-state index >= 15 is 0 Å². The minimum absolute atomic E-state index is 0.293. The van der Waals surface area contributed by atoms with E-state index in [1.165, 1.54) is 10.7 Å². The molecular formula is C14H11ClFN5. The standard InChI is InChI=1S/C14H11ClFN5/c15-12-4-2-1-3-9(12)8-21-14(18-19-20-21)11-6-5-10(17)7-13(11)16/h1-7H,8,17H2. The van der Waals surface area contributed by atoms with Crippen molar-refractivity contribution in [3.05, 3.63) is 58.9 Å². The number of tetrazole rings is 1. The third-order valence-electron chi connectivity index (χ3n) is 3.04. The summed E-state index contributed by atoms with van der Waals surface area (Å²) in [5.74, 6) is -0.141. The van der Waals surface area contributed by atoms with Crippen molar-refractivity contribution in [2.24, 2.45) is 0 Å². The van der Waals surface area contributed by atoms with Gasteiger partial charge in [0, 0.05) is 10.7 Å². The Labute approximate surface area is 125 Å². The molecule has 3 rings (SSSR count). The minimum atomic E-state index is -0.467. The van der Waals surface area contributed by atoms with Gasteiger partial charge in [-0.2, -0.15) is 0 Å². The van der Waals surface area contributed by atoms with Gasteiger partial charge >= 0.3 is 0 Å². The quantitative estimate of drug-likeness (QED) is 0.755. The molecule has 0 aliphatic heterocycles. The molecule has 1 heterocycles. The maximum Gasteiger partial charge on any atom is 0.185 e. The number of benzene rings is 2. The summed E-state index contributed by atoms with van der Waals surface area (Å²) in [4.78, 5) is 0. The Balaban J connectivity index is 2.00. The second-order valence-electron chi connectivity index (χ2n) is 4.49. The van der Waals surface area contributed by atoms with Crippen molar-refractivity contribution >= 4 is 17.3 Å². The van der Waals surface area contributed by atoms with E-state index in [4.69, 9.17) is 17.3 Å². The zero-order valence-corrected chi connectivity index (χ0v) is 11.6. The van der Waals surface area contributed by atoms with Crippen molar-refractivity contribution in [3.63, 3.8) is 0 Å². The van der Waals surface area contributed by atoms with Crippen LogP contribution in [0.3, 0.4) is 0 Å².